The molecule has 0 unspecified atom stereocenters. The Hall–Kier alpha value is -2.34. The molecule has 174 valence electrons. The molecule has 5 rings (SSSR count). The number of hydrogen-bond donors (Lipinski definition) is 2. The third kappa shape index (κ3) is 5.43. The second-order valence-electron chi connectivity index (χ2n) is 9.45. The quantitative estimate of drug-likeness (QED) is 0.409. The Kier molecular flexibility index (Phi) is 7.00. The third-order valence-corrected chi connectivity index (χ3v) is 7.40. The van der Waals surface area contributed by atoms with Gasteiger partial charge < -0.3 is 15.3 Å². The van der Waals surface area contributed by atoms with Crippen LogP contribution in [0.5, 0.6) is 5.75 Å². The smallest absolute Gasteiger partial charge is 0.120 e. The molecule has 2 aliphatic rings. The van der Waals surface area contributed by atoms with E-state index in [9.17, 15) is 5.11 Å². The molecule has 3 aromatic rings. The van der Waals surface area contributed by atoms with Gasteiger partial charge in [-0.1, -0.05) is 18.0 Å². The van der Waals surface area contributed by atoms with Gasteiger partial charge in [-0.2, -0.15) is 0 Å². The molecule has 1 aromatic heterocycles. The van der Waals surface area contributed by atoms with Gasteiger partial charge in [-0.15, -0.1) is 0 Å². The van der Waals surface area contributed by atoms with Crippen LogP contribution in [0.1, 0.15) is 44.1 Å². The first-order valence-electron chi connectivity index (χ1n) is 12.3. The van der Waals surface area contributed by atoms with Gasteiger partial charge in [-0.25, -0.2) is 0 Å². The van der Waals surface area contributed by atoms with Crippen molar-refractivity contribution < 1.29 is 5.11 Å². The van der Waals surface area contributed by atoms with E-state index in [0.29, 0.717) is 16.8 Å². The summed E-state index contributed by atoms with van der Waals surface area (Å²) in [5, 5.41) is 15.9. The van der Waals surface area contributed by atoms with Crippen LogP contribution in [0.4, 0.5) is 11.4 Å². The number of phenols is 1. The number of nitrogens with one attached hydrogen (secondary N) is 1. The number of phenolic OH excluding ortho intramolecular Hbond substituents is 1. The normalized spacial score (nSPS) is 19.8. The van der Waals surface area contributed by atoms with Gasteiger partial charge in [-0.05, 0) is 101 Å². The fourth-order valence-corrected chi connectivity index (χ4v) is 5.49. The lowest BCUT2D eigenvalue weighted by molar-refractivity contribution is 0.121. The van der Waals surface area contributed by atoms with Gasteiger partial charge >= 0.3 is 0 Å². The first-order chi connectivity index (χ1) is 16.2. The van der Waals surface area contributed by atoms with Crippen molar-refractivity contribution in [3.8, 4) is 5.75 Å². The van der Waals surface area contributed by atoms with E-state index in [4.69, 9.17) is 11.6 Å². The molecule has 33 heavy (non-hydrogen) atoms. The SMILES string of the molecule is Oc1ccc(Nc2ccnc3cc(Cl)ccc23)cc1CN1CCCC[C@@H]1CCN1CCCC1. The van der Waals surface area contributed by atoms with Gasteiger partial charge in [-0.3, -0.25) is 9.88 Å². The molecule has 0 bridgehead atoms. The number of hydrogen-bond acceptors (Lipinski definition) is 5. The maximum Gasteiger partial charge on any atom is 0.120 e. The minimum atomic E-state index is 0.371. The largest absolute Gasteiger partial charge is 0.508 e. The van der Waals surface area contributed by atoms with Gasteiger partial charge in [0.05, 0.1) is 5.52 Å². The Morgan fingerprint density at radius 1 is 1.00 bits per heavy atom. The average Bonchev–Trinajstić information content (AvgIpc) is 3.34. The van der Waals surface area contributed by atoms with Crippen LogP contribution in [0.3, 0.4) is 0 Å². The zero-order chi connectivity index (χ0) is 22.6. The second kappa shape index (κ2) is 10.3. The molecule has 2 N–H and O–H groups in total. The lowest BCUT2D eigenvalue weighted by atomic mass is 9.98. The number of aromatic hydroxyl groups is 1. The van der Waals surface area contributed by atoms with Crippen molar-refractivity contribution in [2.75, 3.05) is 31.5 Å². The summed E-state index contributed by atoms with van der Waals surface area (Å²) in [6.07, 6.45) is 9.53. The summed E-state index contributed by atoms with van der Waals surface area (Å²) in [4.78, 5) is 9.63. The van der Waals surface area contributed by atoms with Crippen molar-refractivity contribution in [1.29, 1.82) is 0 Å². The van der Waals surface area contributed by atoms with E-state index in [1.165, 1.54) is 58.2 Å². The molecule has 2 aliphatic heterocycles. The van der Waals surface area contributed by atoms with Gasteiger partial charge in [0.25, 0.3) is 0 Å². The minimum absolute atomic E-state index is 0.371. The van der Waals surface area contributed by atoms with Crippen molar-refractivity contribution >= 4 is 33.9 Å². The number of pyridine rings is 1. The van der Waals surface area contributed by atoms with Gasteiger partial charge in [0, 0.05) is 46.1 Å². The number of piperidine rings is 1. The molecule has 2 saturated heterocycles. The molecule has 3 heterocycles. The second-order valence-corrected chi connectivity index (χ2v) is 9.88. The summed E-state index contributed by atoms with van der Waals surface area (Å²) in [6, 6.07) is 14.2. The van der Waals surface area contributed by atoms with Crippen LogP contribution >= 0.6 is 11.6 Å². The summed E-state index contributed by atoms with van der Waals surface area (Å²) in [7, 11) is 0. The number of likely N-dealkylation sites (tertiary alicyclic amines) is 2. The highest BCUT2D eigenvalue weighted by Crippen LogP contribution is 2.31. The molecule has 0 aliphatic carbocycles. The minimum Gasteiger partial charge on any atom is -0.508 e. The topological polar surface area (TPSA) is 51.6 Å². The van der Waals surface area contributed by atoms with Crippen LogP contribution in [0, 0.1) is 0 Å². The van der Waals surface area contributed by atoms with E-state index in [1.54, 1.807) is 12.3 Å². The number of nitrogens with zero attached hydrogens (tertiary/aromatic N) is 3. The number of fused-ring (bicyclic) bond motifs is 1. The van der Waals surface area contributed by atoms with Crippen LogP contribution in [0.2, 0.25) is 5.02 Å². The van der Waals surface area contributed by atoms with Crippen LogP contribution in [0.15, 0.2) is 48.7 Å². The maximum atomic E-state index is 10.6. The number of halogens is 1. The van der Waals surface area contributed by atoms with Gasteiger partial charge in [0.2, 0.25) is 0 Å². The summed E-state index contributed by atoms with van der Waals surface area (Å²) in [5.41, 5.74) is 3.79. The Bertz CT molecular complexity index is 1100. The van der Waals surface area contributed by atoms with E-state index in [1.807, 2.05) is 30.3 Å². The fourth-order valence-electron chi connectivity index (χ4n) is 5.33. The Morgan fingerprint density at radius 3 is 2.73 bits per heavy atom. The van der Waals surface area contributed by atoms with E-state index < -0.39 is 0 Å². The first kappa shape index (κ1) is 22.5. The summed E-state index contributed by atoms with van der Waals surface area (Å²) >= 11 is 6.14. The molecular weight excluding hydrogens is 432 g/mol. The van der Waals surface area contributed by atoms with E-state index in [-0.39, 0.29) is 0 Å². The third-order valence-electron chi connectivity index (χ3n) is 7.16. The lowest BCUT2D eigenvalue weighted by Gasteiger charge is -2.37. The molecule has 1 atom stereocenters. The fraction of sp³-hybridized carbons (Fsp3) is 0.444. The average molecular weight is 465 g/mol. The molecule has 5 nitrogen and oxygen atoms in total. The van der Waals surface area contributed by atoms with Crippen molar-refractivity contribution in [2.24, 2.45) is 0 Å². The van der Waals surface area contributed by atoms with E-state index in [0.717, 1.165) is 40.9 Å². The summed E-state index contributed by atoms with van der Waals surface area (Å²) in [5.74, 6) is 0.371. The zero-order valence-electron chi connectivity index (χ0n) is 19.1. The molecule has 2 fully saturated rings. The molecule has 2 aromatic carbocycles. The molecule has 0 amide bonds. The number of anilines is 2. The standard InChI is InChI=1S/C27H33ClN4O/c28-21-6-8-24-25(10-12-29-26(24)18-21)30-22-7-9-27(33)20(17-22)19-32-15-2-1-5-23(32)11-16-31-13-3-4-14-31/h6-10,12,17-18,23,33H,1-5,11,13-16,19H2,(H,29,30)/t23-/m1/s1. The van der Waals surface area contributed by atoms with E-state index in [2.05, 4.69) is 26.2 Å². The highest BCUT2D eigenvalue weighted by molar-refractivity contribution is 6.31. The van der Waals surface area contributed by atoms with E-state index >= 15 is 0 Å². The highest BCUT2D eigenvalue weighted by atomic mass is 35.5. The Balaban J connectivity index is 1.31. The summed E-state index contributed by atoms with van der Waals surface area (Å²) in [6.45, 7) is 5.62. The molecule has 0 radical (unpaired) electrons. The lowest BCUT2D eigenvalue weighted by Crippen LogP contribution is -2.41. The maximum absolute atomic E-state index is 10.6. The van der Waals surface area contributed by atoms with Crippen molar-refractivity contribution in [3.63, 3.8) is 0 Å². The van der Waals surface area contributed by atoms with Crippen LogP contribution in [0.25, 0.3) is 10.9 Å². The number of aromatic nitrogens is 1. The van der Waals surface area contributed by atoms with Gasteiger partial charge in [0.1, 0.15) is 5.75 Å². The monoisotopic (exact) mass is 464 g/mol. The van der Waals surface area contributed by atoms with Crippen molar-refractivity contribution in [2.45, 2.75) is 51.1 Å². The Labute approximate surface area is 201 Å². The van der Waals surface area contributed by atoms with Crippen molar-refractivity contribution in [1.82, 2.24) is 14.8 Å². The number of rotatable bonds is 7. The molecule has 0 spiro atoms. The Morgan fingerprint density at radius 2 is 1.85 bits per heavy atom. The van der Waals surface area contributed by atoms with Crippen molar-refractivity contribution in [3.05, 3.63) is 59.2 Å². The first-order valence-corrected chi connectivity index (χ1v) is 12.6. The van der Waals surface area contributed by atoms with Gasteiger partial charge in [0.15, 0.2) is 0 Å². The zero-order valence-corrected chi connectivity index (χ0v) is 19.9. The summed E-state index contributed by atoms with van der Waals surface area (Å²) < 4.78 is 0. The van der Waals surface area contributed by atoms with Crippen LogP contribution in [-0.2, 0) is 6.54 Å². The predicted octanol–water partition coefficient (Wildman–Crippen LogP) is 6.18. The molecular formula is C27H33ClN4O. The number of benzene rings is 2. The van der Waals surface area contributed by atoms with Crippen LogP contribution < -0.4 is 5.32 Å². The predicted molar refractivity (Wildman–Crippen MR) is 136 cm³/mol. The molecule has 6 heteroatoms. The highest BCUT2D eigenvalue weighted by Gasteiger charge is 2.24. The van der Waals surface area contributed by atoms with Crippen LogP contribution in [-0.4, -0.2) is 52.1 Å². The molecule has 0 saturated carbocycles.